The molecule has 21 heavy (non-hydrogen) atoms. The number of hydrogen-bond donors (Lipinski definition) is 3. The molecule has 1 saturated heterocycles. The van der Waals surface area contributed by atoms with Gasteiger partial charge < -0.3 is 16.4 Å². The second kappa shape index (κ2) is 5.73. The van der Waals surface area contributed by atoms with Crippen LogP contribution in [0.4, 0.5) is 0 Å². The first-order chi connectivity index (χ1) is 9.69. The van der Waals surface area contributed by atoms with Crippen LogP contribution in [0.5, 0.6) is 0 Å². The summed E-state index contributed by atoms with van der Waals surface area (Å²) in [5, 5.41) is 14.5. The van der Waals surface area contributed by atoms with Gasteiger partial charge in [-0.1, -0.05) is 5.21 Å². The van der Waals surface area contributed by atoms with Gasteiger partial charge in [0, 0.05) is 23.7 Å². The van der Waals surface area contributed by atoms with E-state index < -0.39 is 0 Å². The molecule has 118 valence electrons. The van der Waals surface area contributed by atoms with Gasteiger partial charge in [-0.3, -0.25) is 4.79 Å². The summed E-state index contributed by atoms with van der Waals surface area (Å²) in [7, 11) is 0. The molecule has 0 radical (unpaired) electrons. The van der Waals surface area contributed by atoms with Crippen LogP contribution in [-0.4, -0.2) is 38.0 Å². The van der Waals surface area contributed by atoms with Gasteiger partial charge in [0.2, 0.25) is 5.91 Å². The minimum Gasteiger partial charge on any atom is -0.352 e. The zero-order valence-corrected chi connectivity index (χ0v) is 13.3. The van der Waals surface area contributed by atoms with Crippen LogP contribution in [0.1, 0.15) is 46.2 Å². The molecule has 1 fully saturated rings. The highest BCUT2D eigenvalue weighted by molar-refractivity contribution is 5.76. The van der Waals surface area contributed by atoms with Gasteiger partial charge in [0.05, 0.1) is 11.9 Å². The van der Waals surface area contributed by atoms with E-state index in [9.17, 15) is 4.79 Å². The highest BCUT2D eigenvalue weighted by Gasteiger charge is 2.38. The minimum absolute atomic E-state index is 0.0136. The molecule has 1 amide bonds. The van der Waals surface area contributed by atoms with Gasteiger partial charge in [0.15, 0.2) is 0 Å². The molecule has 0 saturated carbocycles. The third-order valence-electron chi connectivity index (χ3n) is 3.66. The van der Waals surface area contributed by atoms with Crippen molar-refractivity contribution >= 4 is 5.91 Å². The predicted octanol–water partition coefficient (Wildman–Crippen LogP) is 0.162. The third kappa shape index (κ3) is 4.50. The standard InChI is InChI=1S/C14H26N6O/c1-13(2)5-10(6-14(3,4)18-13)16-12(21)9-20-8-11(7-15)17-19-20/h8,10,18H,5-7,9,15H2,1-4H3,(H,16,21). The number of amides is 1. The molecule has 1 aromatic heterocycles. The Morgan fingerprint density at radius 3 is 2.57 bits per heavy atom. The number of piperidine rings is 1. The number of nitrogens with one attached hydrogen (secondary N) is 2. The summed E-state index contributed by atoms with van der Waals surface area (Å²) in [5.41, 5.74) is 6.19. The number of nitrogens with two attached hydrogens (primary N) is 1. The number of nitrogens with zero attached hydrogens (tertiary/aromatic N) is 3. The maximum atomic E-state index is 12.1. The molecule has 1 aliphatic rings. The van der Waals surface area contributed by atoms with Crippen molar-refractivity contribution in [3.05, 3.63) is 11.9 Å². The quantitative estimate of drug-likeness (QED) is 0.735. The fourth-order valence-corrected chi connectivity index (χ4v) is 3.35. The molecule has 0 aromatic carbocycles. The monoisotopic (exact) mass is 294 g/mol. The van der Waals surface area contributed by atoms with E-state index in [0.717, 1.165) is 12.8 Å². The summed E-state index contributed by atoms with van der Waals surface area (Å²) in [6.45, 7) is 9.17. The van der Waals surface area contributed by atoms with Crippen molar-refractivity contribution < 1.29 is 4.79 Å². The van der Waals surface area contributed by atoms with Crippen LogP contribution in [0, 0.1) is 0 Å². The summed E-state index contributed by atoms with van der Waals surface area (Å²) < 4.78 is 1.52. The molecule has 0 spiro atoms. The van der Waals surface area contributed by atoms with E-state index in [4.69, 9.17) is 5.73 Å². The Morgan fingerprint density at radius 1 is 1.43 bits per heavy atom. The number of aromatic nitrogens is 3. The van der Waals surface area contributed by atoms with Crippen LogP contribution >= 0.6 is 0 Å². The van der Waals surface area contributed by atoms with E-state index >= 15 is 0 Å². The predicted molar refractivity (Wildman–Crippen MR) is 80.4 cm³/mol. The van der Waals surface area contributed by atoms with Crippen molar-refractivity contribution in [1.29, 1.82) is 0 Å². The van der Waals surface area contributed by atoms with Crippen molar-refractivity contribution in [2.24, 2.45) is 5.73 Å². The van der Waals surface area contributed by atoms with Crippen LogP contribution in [0.15, 0.2) is 6.20 Å². The molecule has 2 heterocycles. The first kappa shape index (κ1) is 15.9. The normalized spacial score (nSPS) is 21.2. The highest BCUT2D eigenvalue weighted by Crippen LogP contribution is 2.28. The molecule has 0 unspecified atom stereocenters. The molecule has 1 aliphatic heterocycles. The lowest BCUT2D eigenvalue weighted by atomic mass is 9.79. The Bertz CT molecular complexity index is 491. The Hall–Kier alpha value is -1.47. The van der Waals surface area contributed by atoms with Gasteiger partial charge in [-0.25, -0.2) is 4.68 Å². The summed E-state index contributed by atoms with van der Waals surface area (Å²) in [6.07, 6.45) is 3.52. The Balaban J connectivity index is 1.92. The smallest absolute Gasteiger partial charge is 0.242 e. The number of hydrogen-bond acceptors (Lipinski definition) is 5. The highest BCUT2D eigenvalue weighted by atomic mass is 16.2. The molecule has 0 bridgehead atoms. The molecule has 7 nitrogen and oxygen atoms in total. The summed E-state index contributed by atoms with van der Waals surface area (Å²) in [6, 6.07) is 0.168. The number of carbonyl (C=O) groups is 1. The van der Waals surface area contributed by atoms with Crippen molar-refractivity contribution in [3.63, 3.8) is 0 Å². The molecule has 0 aliphatic carbocycles. The lowest BCUT2D eigenvalue weighted by Gasteiger charge is -2.46. The summed E-state index contributed by atoms with van der Waals surface area (Å²) >= 11 is 0. The van der Waals surface area contributed by atoms with E-state index in [0.29, 0.717) is 12.2 Å². The average molecular weight is 294 g/mol. The van der Waals surface area contributed by atoms with Crippen molar-refractivity contribution in [2.45, 2.75) is 70.7 Å². The van der Waals surface area contributed by atoms with E-state index in [1.54, 1.807) is 6.20 Å². The Morgan fingerprint density at radius 2 is 2.05 bits per heavy atom. The van der Waals surface area contributed by atoms with Crippen molar-refractivity contribution in [1.82, 2.24) is 25.6 Å². The van der Waals surface area contributed by atoms with Gasteiger partial charge in [0.25, 0.3) is 0 Å². The summed E-state index contributed by atoms with van der Waals surface area (Å²) in [5.74, 6) is -0.0398. The molecule has 4 N–H and O–H groups in total. The van der Waals surface area contributed by atoms with Crippen LogP contribution in [-0.2, 0) is 17.9 Å². The van der Waals surface area contributed by atoms with Crippen LogP contribution in [0.25, 0.3) is 0 Å². The second-order valence-electron chi connectivity index (χ2n) is 7.18. The van der Waals surface area contributed by atoms with Gasteiger partial charge >= 0.3 is 0 Å². The summed E-state index contributed by atoms with van der Waals surface area (Å²) in [4.78, 5) is 12.1. The largest absolute Gasteiger partial charge is 0.352 e. The van der Waals surface area contributed by atoms with Crippen LogP contribution < -0.4 is 16.4 Å². The van der Waals surface area contributed by atoms with E-state index in [1.165, 1.54) is 4.68 Å². The molecule has 7 heteroatoms. The fourth-order valence-electron chi connectivity index (χ4n) is 3.35. The van der Waals surface area contributed by atoms with Gasteiger partial charge in [-0.15, -0.1) is 5.10 Å². The van der Waals surface area contributed by atoms with E-state index in [1.807, 2.05) is 0 Å². The van der Waals surface area contributed by atoms with E-state index in [-0.39, 0.29) is 29.6 Å². The average Bonchev–Trinajstić information content (AvgIpc) is 2.71. The van der Waals surface area contributed by atoms with E-state index in [2.05, 4.69) is 48.6 Å². The topological polar surface area (TPSA) is 97.9 Å². The zero-order valence-electron chi connectivity index (χ0n) is 13.3. The van der Waals surface area contributed by atoms with Gasteiger partial charge in [-0.05, 0) is 40.5 Å². The zero-order chi connectivity index (χ0) is 15.7. The minimum atomic E-state index is -0.0398. The molecule has 2 rings (SSSR count). The molecular weight excluding hydrogens is 268 g/mol. The maximum absolute atomic E-state index is 12.1. The van der Waals surface area contributed by atoms with Crippen LogP contribution in [0.3, 0.4) is 0 Å². The fraction of sp³-hybridized carbons (Fsp3) is 0.786. The maximum Gasteiger partial charge on any atom is 0.242 e. The molecule has 0 atom stereocenters. The number of carbonyl (C=O) groups excluding carboxylic acids is 1. The lowest BCUT2D eigenvalue weighted by Crippen LogP contribution is -2.62. The molecular formula is C14H26N6O. The van der Waals surface area contributed by atoms with Gasteiger partial charge in [0.1, 0.15) is 6.54 Å². The van der Waals surface area contributed by atoms with Gasteiger partial charge in [-0.2, -0.15) is 0 Å². The number of rotatable bonds is 4. The van der Waals surface area contributed by atoms with Crippen molar-refractivity contribution in [2.75, 3.05) is 0 Å². The third-order valence-corrected chi connectivity index (χ3v) is 3.66. The first-order valence-electron chi connectivity index (χ1n) is 7.37. The second-order valence-corrected chi connectivity index (χ2v) is 7.18. The lowest BCUT2D eigenvalue weighted by molar-refractivity contribution is -0.123. The van der Waals surface area contributed by atoms with Crippen LogP contribution in [0.2, 0.25) is 0 Å². The Kier molecular flexibility index (Phi) is 4.34. The molecule has 1 aromatic rings. The SMILES string of the molecule is CC1(C)CC(NC(=O)Cn2cc(CN)nn2)CC(C)(C)N1. The Labute approximate surface area is 125 Å². The first-order valence-corrected chi connectivity index (χ1v) is 7.37. The van der Waals surface area contributed by atoms with Crippen molar-refractivity contribution in [3.8, 4) is 0 Å².